The topological polar surface area (TPSA) is 64.1 Å². The van der Waals surface area contributed by atoms with Crippen molar-refractivity contribution in [2.45, 2.75) is 53.2 Å². The van der Waals surface area contributed by atoms with Gasteiger partial charge in [0.15, 0.2) is 17.3 Å². The lowest BCUT2D eigenvalue weighted by atomic mass is 10.2. The Morgan fingerprint density at radius 1 is 1.36 bits per heavy atom. The maximum atomic E-state index is 6.41. The molecule has 6 nitrogen and oxygen atoms in total. The molecule has 0 unspecified atom stereocenters. The number of nitrogens with zero attached hydrogens (tertiary/aromatic N) is 2. The summed E-state index contributed by atoms with van der Waals surface area (Å²) in [5.41, 5.74) is 4.25. The maximum Gasteiger partial charge on any atom is 0.214 e. The number of H-pyrrole nitrogens is 1. The number of nitrogens with one attached hydrogen (secondary N) is 2. The maximum absolute atomic E-state index is 6.41. The number of aromatic nitrogens is 3. The summed E-state index contributed by atoms with van der Waals surface area (Å²) >= 11 is 11.7. The highest BCUT2D eigenvalue weighted by Gasteiger charge is 2.14. The molecule has 0 saturated heterocycles. The van der Waals surface area contributed by atoms with Crippen LogP contribution < -0.4 is 14.9 Å². The molecule has 0 fully saturated rings. The molecule has 0 radical (unpaired) electrons. The van der Waals surface area contributed by atoms with E-state index in [1.807, 2.05) is 32.9 Å². The molecule has 2 N–H and O–H groups in total. The number of hydrogen-bond acceptors (Lipinski definition) is 5. The van der Waals surface area contributed by atoms with Crippen molar-refractivity contribution in [3.63, 3.8) is 0 Å². The predicted octanol–water partition coefficient (Wildman–Crippen LogP) is 4.48. The molecule has 0 saturated carbocycles. The summed E-state index contributed by atoms with van der Waals surface area (Å²) < 4.78 is 13.8. The van der Waals surface area contributed by atoms with Crippen LogP contribution in [0, 0.1) is 4.77 Å². The van der Waals surface area contributed by atoms with Gasteiger partial charge in [-0.2, -0.15) is 5.10 Å². The van der Waals surface area contributed by atoms with E-state index in [-0.39, 0.29) is 6.10 Å². The Hall–Kier alpha value is -1.73. The van der Waals surface area contributed by atoms with E-state index in [4.69, 9.17) is 33.3 Å². The standard InChI is InChI=1S/C17H25ClN4O2S/c1-5-7-15-20-21-17(25)22(15)19-10-12-8-13(18)16(24-11(3)4)14(9-12)23-6-2/h8-9,11,19H,5-7,10H2,1-4H3,(H,21,25). The molecule has 0 bridgehead atoms. The number of benzene rings is 1. The van der Waals surface area contributed by atoms with Gasteiger partial charge in [-0.3, -0.25) is 5.10 Å². The molecule has 0 amide bonds. The molecule has 0 spiro atoms. The fourth-order valence-corrected chi connectivity index (χ4v) is 2.88. The molecular weight excluding hydrogens is 360 g/mol. The normalized spacial score (nSPS) is 11.0. The molecule has 138 valence electrons. The summed E-state index contributed by atoms with van der Waals surface area (Å²) in [6.07, 6.45) is 1.84. The largest absolute Gasteiger partial charge is 0.490 e. The van der Waals surface area contributed by atoms with Crippen LogP contribution in [-0.4, -0.2) is 27.6 Å². The van der Waals surface area contributed by atoms with Crippen LogP contribution in [0.2, 0.25) is 5.02 Å². The van der Waals surface area contributed by atoms with E-state index in [0.717, 1.165) is 24.2 Å². The second-order valence-corrected chi connectivity index (χ2v) is 6.66. The van der Waals surface area contributed by atoms with Gasteiger partial charge in [0.05, 0.1) is 24.3 Å². The van der Waals surface area contributed by atoms with Crippen molar-refractivity contribution in [2.75, 3.05) is 12.0 Å². The molecule has 1 aromatic carbocycles. The Kier molecular flexibility index (Phi) is 7.13. The van der Waals surface area contributed by atoms with E-state index < -0.39 is 0 Å². The van der Waals surface area contributed by atoms with Gasteiger partial charge in [0.25, 0.3) is 0 Å². The van der Waals surface area contributed by atoms with E-state index >= 15 is 0 Å². The third-order valence-electron chi connectivity index (χ3n) is 3.38. The quantitative estimate of drug-likeness (QED) is 0.624. The zero-order chi connectivity index (χ0) is 18.4. The highest BCUT2D eigenvalue weighted by Crippen LogP contribution is 2.37. The van der Waals surface area contributed by atoms with Crippen molar-refractivity contribution in [2.24, 2.45) is 0 Å². The average Bonchev–Trinajstić information content (AvgIpc) is 2.89. The monoisotopic (exact) mass is 384 g/mol. The molecule has 2 rings (SSSR count). The molecule has 0 aliphatic rings. The average molecular weight is 385 g/mol. The molecule has 0 aliphatic carbocycles. The van der Waals surface area contributed by atoms with Crippen LogP contribution in [0.5, 0.6) is 11.5 Å². The van der Waals surface area contributed by atoms with Crippen LogP contribution >= 0.6 is 23.8 Å². The van der Waals surface area contributed by atoms with Crippen molar-refractivity contribution in [1.29, 1.82) is 0 Å². The number of rotatable bonds is 9. The Morgan fingerprint density at radius 2 is 2.12 bits per heavy atom. The highest BCUT2D eigenvalue weighted by atomic mass is 35.5. The summed E-state index contributed by atoms with van der Waals surface area (Å²) in [6, 6.07) is 3.81. The summed E-state index contributed by atoms with van der Waals surface area (Å²) in [7, 11) is 0. The Balaban J connectivity index is 2.23. The molecule has 1 aromatic heterocycles. The van der Waals surface area contributed by atoms with E-state index in [2.05, 4.69) is 22.5 Å². The van der Waals surface area contributed by atoms with Crippen molar-refractivity contribution in [3.8, 4) is 11.5 Å². The van der Waals surface area contributed by atoms with E-state index in [0.29, 0.717) is 34.4 Å². The molecule has 0 atom stereocenters. The van der Waals surface area contributed by atoms with Gasteiger partial charge in [-0.1, -0.05) is 18.5 Å². The first-order valence-corrected chi connectivity index (χ1v) is 9.26. The van der Waals surface area contributed by atoms with Crippen LogP contribution in [-0.2, 0) is 13.0 Å². The third-order valence-corrected chi connectivity index (χ3v) is 3.93. The van der Waals surface area contributed by atoms with Crippen LogP contribution in [0.4, 0.5) is 0 Å². The van der Waals surface area contributed by atoms with Crippen LogP contribution in [0.25, 0.3) is 0 Å². The van der Waals surface area contributed by atoms with Gasteiger partial charge < -0.3 is 14.9 Å². The summed E-state index contributed by atoms with van der Waals surface area (Å²) in [4.78, 5) is 0. The number of ether oxygens (including phenoxy) is 2. The van der Waals surface area contributed by atoms with Gasteiger partial charge >= 0.3 is 0 Å². The fourth-order valence-electron chi connectivity index (χ4n) is 2.39. The van der Waals surface area contributed by atoms with E-state index in [1.54, 1.807) is 4.68 Å². The lowest BCUT2D eigenvalue weighted by Crippen LogP contribution is -2.18. The predicted molar refractivity (Wildman–Crippen MR) is 103 cm³/mol. The van der Waals surface area contributed by atoms with Crippen LogP contribution in [0.15, 0.2) is 12.1 Å². The zero-order valence-corrected chi connectivity index (χ0v) is 16.6. The third kappa shape index (κ3) is 5.12. The Labute approximate surface area is 158 Å². The first-order valence-electron chi connectivity index (χ1n) is 8.48. The highest BCUT2D eigenvalue weighted by molar-refractivity contribution is 7.71. The number of aromatic amines is 1. The van der Waals surface area contributed by atoms with Gasteiger partial charge in [-0.05, 0) is 57.1 Å². The van der Waals surface area contributed by atoms with Gasteiger partial charge in [-0.15, -0.1) is 0 Å². The van der Waals surface area contributed by atoms with Crippen molar-refractivity contribution >= 4 is 23.8 Å². The smallest absolute Gasteiger partial charge is 0.214 e. The zero-order valence-electron chi connectivity index (χ0n) is 15.1. The van der Waals surface area contributed by atoms with Gasteiger partial charge in [-0.25, -0.2) is 4.68 Å². The molecular formula is C17H25ClN4O2S. The molecule has 0 aliphatic heterocycles. The molecule has 1 heterocycles. The summed E-state index contributed by atoms with van der Waals surface area (Å²) in [5.74, 6) is 2.10. The number of aryl methyl sites for hydroxylation is 1. The summed E-state index contributed by atoms with van der Waals surface area (Å²) in [6.45, 7) is 9.01. The first-order chi connectivity index (χ1) is 12.0. The fraction of sp³-hybridized carbons (Fsp3) is 0.529. The Morgan fingerprint density at radius 3 is 2.76 bits per heavy atom. The van der Waals surface area contributed by atoms with Gasteiger partial charge in [0.2, 0.25) is 4.77 Å². The summed E-state index contributed by atoms with van der Waals surface area (Å²) in [5, 5.41) is 7.58. The number of halogens is 1. The van der Waals surface area contributed by atoms with E-state index in [1.165, 1.54) is 0 Å². The second kappa shape index (κ2) is 9.10. The lowest BCUT2D eigenvalue weighted by Gasteiger charge is -2.18. The van der Waals surface area contributed by atoms with Gasteiger partial charge in [0.1, 0.15) is 0 Å². The molecule has 8 heteroatoms. The first kappa shape index (κ1) is 19.6. The molecule has 2 aromatic rings. The van der Waals surface area contributed by atoms with E-state index in [9.17, 15) is 0 Å². The molecule has 25 heavy (non-hydrogen) atoms. The van der Waals surface area contributed by atoms with Crippen molar-refractivity contribution in [3.05, 3.63) is 33.3 Å². The minimum Gasteiger partial charge on any atom is -0.490 e. The van der Waals surface area contributed by atoms with Crippen LogP contribution in [0.1, 0.15) is 45.5 Å². The van der Waals surface area contributed by atoms with Crippen molar-refractivity contribution in [1.82, 2.24) is 14.9 Å². The Bertz CT molecular complexity index is 758. The minimum absolute atomic E-state index is 0.0153. The minimum atomic E-state index is 0.0153. The SMILES string of the molecule is CCCc1n[nH]c(=S)n1NCc1cc(Cl)c(OC(C)C)c(OCC)c1. The number of hydrogen-bond donors (Lipinski definition) is 2. The van der Waals surface area contributed by atoms with Crippen LogP contribution in [0.3, 0.4) is 0 Å². The van der Waals surface area contributed by atoms with Crippen molar-refractivity contribution < 1.29 is 9.47 Å². The lowest BCUT2D eigenvalue weighted by molar-refractivity contribution is 0.224. The second-order valence-electron chi connectivity index (χ2n) is 5.87. The van der Waals surface area contributed by atoms with Gasteiger partial charge in [0, 0.05) is 6.42 Å².